The Labute approximate surface area is 226 Å². The zero-order valence-electron chi connectivity index (χ0n) is 20.5. The Morgan fingerprint density at radius 2 is 1.68 bits per heavy atom. The summed E-state index contributed by atoms with van der Waals surface area (Å²) in [5, 5.41) is 10.2. The molecular formula is C24H19B2Cl2F3N4O3. The molecule has 38 heavy (non-hydrogen) atoms. The summed E-state index contributed by atoms with van der Waals surface area (Å²) in [6.45, 7) is 3.25. The van der Waals surface area contributed by atoms with Gasteiger partial charge in [0.15, 0.2) is 10.9 Å². The lowest BCUT2D eigenvalue weighted by Crippen LogP contribution is -2.46. The smallest absolute Gasteiger partial charge is 0.416 e. The lowest BCUT2D eigenvalue weighted by Gasteiger charge is -2.33. The van der Waals surface area contributed by atoms with E-state index in [1.807, 2.05) is 0 Å². The van der Waals surface area contributed by atoms with Crippen LogP contribution in [0.1, 0.15) is 33.0 Å². The third-order valence-electron chi connectivity index (χ3n) is 6.23. The van der Waals surface area contributed by atoms with Crippen molar-refractivity contribution < 1.29 is 23.1 Å². The molecule has 0 aliphatic carbocycles. The zero-order chi connectivity index (χ0) is 28.2. The second kappa shape index (κ2) is 9.67. The van der Waals surface area contributed by atoms with Gasteiger partial charge in [0.05, 0.1) is 27.2 Å². The van der Waals surface area contributed by atoms with Crippen molar-refractivity contribution in [2.45, 2.75) is 25.4 Å². The number of aromatic hydroxyl groups is 1. The maximum atomic E-state index is 14.0. The number of halogens is 5. The van der Waals surface area contributed by atoms with Gasteiger partial charge in [0.1, 0.15) is 27.2 Å². The van der Waals surface area contributed by atoms with Gasteiger partial charge in [0.2, 0.25) is 0 Å². The van der Waals surface area contributed by atoms with Gasteiger partial charge in [0, 0.05) is 5.34 Å². The summed E-state index contributed by atoms with van der Waals surface area (Å²) in [5.74, 6) is -1.09. The summed E-state index contributed by atoms with van der Waals surface area (Å²) in [7, 11) is 3.00. The molecular weight excluding hydrogens is 542 g/mol. The minimum Gasteiger partial charge on any atom is -0.504 e. The Morgan fingerprint density at radius 1 is 1.05 bits per heavy atom. The highest BCUT2D eigenvalue weighted by molar-refractivity contribution is 6.40. The van der Waals surface area contributed by atoms with Crippen LogP contribution in [0.25, 0.3) is 10.9 Å². The van der Waals surface area contributed by atoms with Crippen molar-refractivity contribution in [2.24, 2.45) is 0 Å². The van der Waals surface area contributed by atoms with Crippen LogP contribution in [0, 0.1) is 13.8 Å². The molecule has 2 aromatic carbocycles. The lowest BCUT2D eigenvalue weighted by atomic mass is 9.56. The van der Waals surface area contributed by atoms with E-state index in [0.717, 1.165) is 12.1 Å². The Kier molecular flexibility index (Phi) is 7.00. The quantitative estimate of drug-likeness (QED) is 0.294. The number of hydrogen-bond donors (Lipinski definition) is 2. The third-order valence-corrected chi connectivity index (χ3v) is 6.78. The normalized spacial score (nSPS) is 12.1. The fraction of sp³-hybridized carbons (Fsp3) is 0.167. The highest BCUT2D eigenvalue weighted by Gasteiger charge is 2.39. The summed E-state index contributed by atoms with van der Waals surface area (Å²) in [6, 6.07) is 9.26. The average molecular weight is 561 g/mol. The van der Waals surface area contributed by atoms with E-state index >= 15 is 0 Å². The van der Waals surface area contributed by atoms with Crippen LogP contribution in [0.5, 0.6) is 5.75 Å². The average Bonchev–Trinajstić information content (AvgIpc) is 2.83. The predicted octanol–water partition coefficient (Wildman–Crippen LogP) is 3.62. The van der Waals surface area contributed by atoms with Crippen LogP contribution in [0.15, 0.2) is 47.3 Å². The number of carbonyl (C=O) groups is 1. The number of amides is 1. The molecule has 2 aromatic heterocycles. The number of nitrogens with one attached hydrogen (secondary N) is 1. The van der Waals surface area contributed by atoms with Gasteiger partial charge >= 0.3 is 6.18 Å². The van der Waals surface area contributed by atoms with Gasteiger partial charge in [0.25, 0.3) is 11.5 Å². The Balaban J connectivity index is 1.93. The SMILES string of the molecule is BC(B)(c1ccccc1C(F)(F)F)n1c(C)nc2c(C)ccc(NC(=O)c3cc(Cl)c(O)c(Cl)n3)c2c1=O. The van der Waals surface area contributed by atoms with Gasteiger partial charge in [-0.25, -0.2) is 9.97 Å². The number of aryl methyl sites for hydroxylation is 2. The van der Waals surface area contributed by atoms with Gasteiger partial charge in [-0.1, -0.05) is 47.5 Å². The van der Waals surface area contributed by atoms with Gasteiger partial charge in [-0.3, -0.25) is 9.59 Å². The Bertz CT molecular complexity index is 1650. The zero-order valence-corrected chi connectivity index (χ0v) is 22.0. The number of carbonyl (C=O) groups excluding carboxylic acids is 1. The highest BCUT2D eigenvalue weighted by atomic mass is 35.5. The van der Waals surface area contributed by atoms with Crippen LogP contribution in [0.4, 0.5) is 18.9 Å². The highest BCUT2D eigenvalue weighted by Crippen LogP contribution is 2.37. The van der Waals surface area contributed by atoms with E-state index in [1.165, 1.54) is 51.4 Å². The first-order valence-electron chi connectivity index (χ1n) is 11.2. The second-order valence-corrected chi connectivity index (χ2v) is 9.90. The van der Waals surface area contributed by atoms with Crippen molar-refractivity contribution in [3.63, 3.8) is 0 Å². The number of alkyl halides is 3. The molecule has 7 nitrogen and oxygen atoms in total. The number of anilines is 1. The molecule has 4 rings (SSSR count). The number of fused-ring (bicyclic) bond motifs is 1. The molecule has 0 aliphatic heterocycles. The van der Waals surface area contributed by atoms with Gasteiger partial charge in [-0.05, 0) is 43.2 Å². The first-order chi connectivity index (χ1) is 17.6. The topological polar surface area (TPSA) is 97.1 Å². The van der Waals surface area contributed by atoms with Crippen LogP contribution in [0.3, 0.4) is 0 Å². The summed E-state index contributed by atoms with van der Waals surface area (Å²) in [6.07, 6.45) is -4.65. The third kappa shape index (κ3) is 4.74. The van der Waals surface area contributed by atoms with Crippen molar-refractivity contribution >= 4 is 61.4 Å². The predicted molar refractivity (Wildman–Crippen MR) is 145 cm³/mol. The maximum Gasteiger partial charge on any atom is 0.416 e. The van der Waals surface area contributed by atoms with Gasteiger partial charge in [-0.2, -0.15) is 13.2 Å². The molecule has 0 saturated carbocycles. The molecule has 194 valence electrons. The molecule has 0 fully saturated rings. The number of benzene rings is 2. The molecule has 14 heteroatoms. The number of hydrogen-bond acceptors (Lipinski definition) is 5. The van der Waals surface area contributed by atoms with Crippen LogP contribution < -0.4 is 10.9 Å². The summed E-state index contributed by atoms with van der Waals surface area (Å²) < 4.78 is 42.8. The minimum atomic E-state index is -4.65. The first-order valence-corrected chi connectivity index (χ1v) is 12.0. The molecule has 0 radical (unpaired) electrons. The maximum absolute atomic E-state index is 14.0. The molecule has 2 N–H and O–H groups in total. The molecule has 0 saturated heterocycles. The molecule has 2 heterocycles. The summed E-state index contributed by atoms with van der Waals surface area (Å²) in [5.41, 5.74) is -0.918. The Hall–Kier alpha value is -3.50. The van der Waals surface area contributed by atoms with Crippen molar-refractivity contribution in [1.82, 2.24) is 14.5 Å². The largest absolute Gasteiger partial charge is 0.504 e. The van der Waals surface area contributed by atoms with Crippen molar-refractivity contribution in [3.05, 3.63) is 91.2 Å². The molecule has 0 unspecified atom stereocenters. The van der Waals surface area contributed by atoms with E-state index in [2.05, 4.69) is 15.3 Å². The minimum absolute atomic E-state index is 0.00233. The van der Waals surface area contributed by atoms with Crippen LogP contribution in [-0.4, -0.2) is 41.2 Å². The van der Waals surface area contributed by atoms with Crippen LogP contribution >= 0.6 is 23.2 Å². The molecule has 4 aromatic rings. The van der Waals surface area contributed by atoms with E-state index in [9.17, 15) is 27.9 Å². The first kappa shape index (κ1) is 27.5. The number of aromatic nitrogens is 3. The monoisotopic (exact) mass is 560 g/mol. The van der Waals surface area contributed by atoms with Gasteiger partial charge < -0.3 is 15.0 Å². The van der Waals surface area contributed by atoms with Gasteiger partial charge in [-0.15, -0.1) is 0 Å². The molecule has 0 aliphatic rings. The lowest BCUT2D eigenvalue weighted by molar-refractivity contribution is -0.138. The molecule has 1 amide bonds. The summed E-state index contributed by atoms with van der Waals surface area (Å²) in [4.78, 5) is 35.3. The van der Waals surface area contributed by atoms with Crippen LogP contribution in [0.2, 0.25) is 10.2 Å². The Morgan fingerprint density at radius 3 is 2.29 bits per heavy atom. The summed E-state index contributed by atoms with van der Waals surface area (Å²) >= 11 is 11.7. The fourth-order valence-corrected chi connectivity index (χ4v) is 4.89. The van der Waals surface area contributed by atoms with Crippen molar-refractivity contribution in [3.8, 4) is 5.75 Å². The number of rotatable bonds is 4. The second-order valence-electron chi connectivity index (χ2n) is 9.14. The molecule has 0 spiro atoms. The van der Waals surface area contributed by atoms with E-state index < -0.39 is 34.3 Å². The van der Waals surface area contributed by atoms with Crippen molar-refractivity contribution in [1.29, 1.82) is 0 Å². The molecule has 0 atom stereocenters. The van der Waals surface area contributed by atoms with E-state index in [0.29, 0.717) is 5.56 Å². The number of pyridine rings is 1. The molecule has 0 bridgehead atoms. The van der Waals surface area contributed by atoms with Crippen LogP contribution in [-0.2, 0) is 11.5 Å². The standard InChI is InChI=1S/C24H19B2Cl2F3N4O3/c1-10-7-8-15(34-21(37)16-9-14(27)19(36)20(28)33-16)17-18(10)32-11(2)35(22(17)38)23(25,26)12-5-3-4-6-13(12)24(29,30)31/h3-9,36H,25-26H2,1-2H3,(H,34,37). The van der Waals surface area contributed by atoms with E-state index in [-0.39, 0.29) is 43.8 Å². The fourth-order valence-electron chi connectivity index (χ4n) is 4.45. The van der Waals surface area contributed by atoms with Crippen molar-refractivity contribution in [2.75, 3.05) is 5.32 Å². The van der Waals surface area contributed by atoms with E-state index in [1.54, 1.807) is 13.0 Å². The number of nitrogens with zero attached hydrogens (tertiary/aromatic N) is 3. The van der Waals surface area contributed by atoms with E-state index in [4.69, 9.17) is 23.2 Å².